The van der Waals surface area contributed by atoms with Gasteiger partial charge in [-0.1, -0.05) is 43.3 Å². The molecule has 0 fully saturated rings. The summed E-state index contributed by atoms with van der Waals surface area (Å²) < 4.78 is 22.3. The molecule has 0 radical (unpaired) electrons. The topological polar surface area (TPSA) is 68.5 Å². The molecule has 3 aromatic rings. The number of carbonyl (C=O) groups excluding carboxylic acids is 1. The number of hydrogen-bond acceptors (Lipinski definition) is 5. The van der Waals surface area contributed by atoms with Crippen LogP contribution < -0.4 is 5.32 Å². The van der Waals surface area contributed by atoms with Crippen molar-refractivity contribution >= 4 is 38.9 Å². The van der Waals surface area contributed by atoms with Gasteiger partial charge in [0.15, 0.2) is 5.65 Å². The van der Waals surface area contributed by atoms with Gasteiger partial charge in [0.25, 0.3) is 0 Å². The third-order valence-electron chi connectivity index (χ3n) is 5.29. The van der Waals surface area contributed by atoms with Crippen molar-refractivity contribution in [2.75, 3.05) is 11.9 Å². The highest BCUT2D eigenvalue weighted by molar-refractivity contribution is 9.10. The molecule has 0 aliphatic heterocycles. The van der Waals surface area contributed by atoms with Crippen molar-refractivity contribution in [3.63, 3.8) is 0 Å². The Morgan fingerprint density at radius 1 is 1.38 bits per heavy atom. The molecule has 2 atom stereocenters. The Bertz CT molecular complexity index is 1190. The maximum Gasteiger partial charge on any atom is 0.308 e. The standard InChI is InChI=1S/C24H24BrFN4O2/c1-3-32-23(31)13-20(16-7-5-4-6-8-16)28-22-12-21(17-10-9-15(2)11-19(17)26)29-24-18(25)14-27-30(22)24/h4-8,10-12,14-15,20,28H,3,9,13H2,1-2H3/t15-,20?/m1/s1. The van der Waals surface area contributed by atoms with Crippen molar-refractivity contribution in [2.24, 2.45) is 5.92 Å². The fourth-order valence-corrected chi connectivity index (χ4v) is 4.06. The Morgan fingerprint density at radius 3 is 2.88 bits per heavy atom. The smallest absolute Gasteiger partial charge is 0.308 e. The lowest BCUT2D eigenvalue weighted by Crippen LogP contribution is -2.19. The van der Waals surface area contributed by atoms with Gasteiger partial charge in [0, 0.05) is 11.6 Å². The number of nitrogens with zero attached hydrogens (tertiary/aromatic N) is 3. The summed E-state index contributed by atoms with van der Waals surface area (Å²) in [5, 5.41) is 7.81. The summed E-state index contributed by atoms with van der Waals surface area (Å²) in [6, 6.07) is 11.1. The first-order valence-electron chi connectivity index (χ1n) is 10.6. The monoisotopic (exact) mass is 498 g/mol. The highest BCUT2D eigenvalue weighted by Gasteiger charge is 2.22. The minimum absolute atomic E-state index is 0.133. The van der Waals surface area contributed by atoms with Gasteiger partial charge in [-0.3, -0.25) is 4.79 Å². The van der Waals surface area contributed by atoms with Crippen LogP contribution >= 0.6 is 15.9 Å². The highest BCUT2D eigenvalue weighted by Crippen LogP contribution is 2.34. The Labute approximate surface area is 194 Å². The van der Waals surface area contributed by atoms with E-state index < -0.39 is 0 Å². The predicted octanol–water partition coefficient (Wildman–Crippen LogP) is 5.87. The molecule has 0 amide bonds. The van der Waals surface area contributed by atoms with Crippen LogP contribution in [0.1, 0.15) is 44.0 Å². The third kappa shape index (κ3) is 4.75. The van der Waals surface area contributed by atoms with Gasteiger partial charge in [-0.05, 0) is 46.8 Å². The van der Waals surface area contributed by atoms with Crippen LogP contribution in [-0.2, 0) is 9.53 Å². The normalized spacial score (nSPS) is 16.9. The van der Waals surface area contributed by atoms with E-state index in [-0.39, 0.29) is 30.2 Å². The molecule has 0 saturated carbocycles. The molecule has 6 nitrogen and oxygen atoms in total. The summed E-state index contributed by atoms with van der Waals surface area (Å²) in [7, 11) is 0. The molecule has 32 heavy (non-hydrogen) atoms. The zero-order valence-electron chi connectivity index (χ0n) is 17.9. The average Bonchev–Trinajstić information content (AvgIpc) is 3.15. The van der Waals surface area contributed by atoms with Crippen LogP contribution in [0.4, 0.5) is 10.2 Å². The van der Waals surface area contributed by atoms with E-state index in [2.05, 4.69) is 31.3 Å². The van der Waals surface area contributed by atoms with Crippen molar-refractivity contribution in [3.05, 3.63) is 76.3 Å². The van der Waals surface area contributed by atoms with Gasteiger partial charge >= 0.3 is 5.97 Å². The Morgan fingerprint density at radius 2 is 2.16 bits per heavy atom. The Hall–Kier alpha value is -3.00. The van der Waals surface area contributed by atoms with Crippen LogP contribution in [0.25, 0.3) is 11.2 Å². The molecule has 1 aliphatic carbocycles. The van der Waals surface area contributed by atoms with E-state index in [1.54, 1.807) is 29.8 Å². The first kappa shape index (κ1) is 22.2. The summed E-state index contributed by atoms with van der Waals surface area (Å²) in [6.45, 7) is 4.07. The molecule has 2 heterocycles. The molecule has 1 N–H and O–H groups in total. The lowest BCUT2D eigenvalue weighted by Gasteiger charge is -2.21. The maximum atomic E-state index is 14.8. The summed E-state index contributed by atoms with van der Waals surface area (Å²) >= 11 is 3.48. The van der Waals surface area contributed by atoms with Gasteiger partial charge in [-0.15, -0.1) is 0 Å². The lowest BCUT2D eigenvalue weighted by atomic mass is 9.95. The molecular formula is C24H24BrFN4O2. The van der Waals surface area contributed by atoms with Crippen LogP contribution in [0.2, 0.25) is 0 Å². The van der Waals surface area contributed by atoms with Crippen molar-refractivity contribution in [3.8, 4) is 0 Å². The van der Waals surface area contributed by atoms with E-state index in [0.29, 0.717) is 33.8 Å². The molecule has 1 aliphatic rings. The van der Waals surface area contributed by atoms with Gasteiger partial charge in [0.2, 0.25) is 0 Å². The van der Waals surface area contributed by atoms with Crippen LogP contribution in [-0.4, -0.2) is 27.2 Å². The summed E-state index contributed by atoms with van der Waals surface area (Å²) in [6.07, 6.45) is 6.01. The van der Waals surface area contributed by atoms with Gasteiger partial charge in [0.05, 0.1) is 35.4 Å². The minimum atomic E-state index is -0.363. The molecule has 0 saturated heterocycles. The van der Waals surface area contributed by atoms with Crippen molar-refractivity contribution < 1.29 is 13.9 Å². The van der Waals surface area contributed by atoms with Crippen LogP contribution in [0, 0.1) is 5.92 Å². The maximum absolute atomic E-state index is 14.8. The minimum Gasteiger partial charge on any atom is -0.466 e. The first-order valence-corrected chi connectivity index (χ1v) is 11.3. The number of nitrogens with one attached hydrogen (secondary N) is 1. The largest absolute Gasteiger partial charge is 0.466 e. The zero-order valence-corrected chi connectivity index (χ0v) is 19.5. The second kappa shape index (κ2) is 9.65. The van der Waals surface area contributed by atoms with E-state index in [0.717, 1.165) is 12.0 Å². The van der Waals surface area contributed by atoms with E-state index in [4.69, 9.17) is 4.74 Å². The highest BCUT2D eigenvalue weighted by atomic mass is 79.9. The van der Waals surface area contributed by atoms with Crippen LogP contribution in [0.5, 0.6) is 0 Å². The number of allylic oxidation sites excluding steroid dienone is 4. The van der Waals surface area contributed by atoms with Crippen LogP contribution in [0.15, 0.2) is 65.0 Å². The number of rotatable bonds is 7. The fourth-order valence-electron chi connectivity index (χ4n) is 3.72. The van der Waals surface area contributed by atoms with Crippen molar-refractivity contribution in [1.29, 1.82) is 0 Å². The third-order valence-corrected chi connectivity index (χ3v) is 5.85. The van der Waals surface area contributed by atoms with E-state index >= 15 is 0 Å². The zero-order chi connectivity index (χ0) is 22.7. The second-order valence-corrected chi connectivity index (χ2v) is 8.57. The number of hydrogen-bond donors (Lipinski definition) is 1. The van der Waals surface area contributed by atoms with Gasteiger partial charge < -0.3 is 10.1 Å². The molecule has 8 heteroatoms. The first-order chi connectivity index (χ1) is 15.5. The molecule has 4 rings (SSSR count). The fraction of sp³-hybridized carbons (Fsp3) is 0.292. The predicted molar refractivity (Wildman–Crippen MR) is 126 cm³/mol. The van der Waals surface area contributed by atoms with E-state index in [1.807, 2.05) is 43.3 Å². The summed E-state index contributed by atoms with van der Waals surface area (Å²) in [5.41, 5.74) is 2.45. The SMILES string of the molecule is CCOC(=O)CC(Nc1cc(C2=CC[C@@H](C)C=C2F)nc2c(Br)cnn12)c1ccccc1. The number of benzene rings is 1. The van der Waals surface area contributed by atoms with Crippen molar-refractivity contribution in [2.45, 2.75) is 32.7 Å². The quantitative estimate of drug-likeness (QED) is 0.412. The van der Waals surface area contributed by atoms with E-state index in [1.165, 1.54) is 0 Å². The van der Waals surface area contributed by atoms with Crippen LogP contribution in [0.3, 0.4) is 0 Å². The Kier molecular flexibility index (Phi) is 6.69. The summed E-state index contributed by atoms with van der Waals surface area (Å²) in [5.74, 6) is 0.155. The average molecular weight is 499 g/mol. The molecule has 166 valence electrons. The number of aromatic nitrogens is 3. The van der Waals surface area contributed by atoms with Gasteiger partial charge in [-0.25, -0.2) is 9.37 Å². The van der Waals surface area contributed by atoms with E-state index in [9.17, 15) is 9.18 Å². The van der Waals surface area contributed by atoms with Gasteiger partial charge in [0.1, 0.15) is 11.6 Å². The number of esters is 1. The molecule has 0 spiro atoms. The summed E-state index contributed by atoms with van der Waals surface area (Å²) in [4.78, 5) is 16.9. The number of fused-ring (bicyclic) bond motifs is 1. The number of carbonyl (C=O) groups is 1. The molecule has 1 aromatic carbocycles. The Balaban J connectivity index is 1.76. The molecule has 1 unspecified atom stereocenters. The lowest BCUT2D eigenvalue weighted by molar-refractivity contribution is -0.143. The molecule has 2 aromatic heterocycles. The molecule has 0 bridgehead atoms. The second-order valence-electron chi connectivity index (χ2n) is 7.72. The number of ether oxygens (including phenoxy) is 1. The number of anilines is 1. The molecular weight excluding hydrogens is 475 g/mol. The van der Waals surface area contributed by atoms with Crippen molar-refractivity contribution in [1.82, 2.24) is 14.6 Å². The van der Waals surface area contributed by atoms with Gasteiger partial charge in [-0.2, -0.15) is 9.61 Å². The number of halogens is 2.